The second-order valence-corrected chi connectivity index (χ2v) is 4.55. The molecule has 1 saturated carbocycles. The highest BCUT2D eigenvalue weighted by Gasteiger charge is 2.50. The van der Waals surface area contributed by atoms with Crippen molar-refractivity contribution in [2.24, 2.45) is 5.41 Å². The lowest BCUT2D eigenvalue weighted by atomic mass is 9.60. The molecule has 74 valence electrons. The van der Waals surface area contributed by atoms with Crippen molar-refractivity contribution < 1.29 is 4.42 Å². The summed E-state index contributed by atoms with van der Waals surface area (Å²) in [5.41, 5.74) is 2.18. The molecule has 0 spiro atoms. The molecule has 0 radical (unpaired) electrons. The molecule has 2 unspecified atom stereocenters. The molecule has 0 N–H and O–H groups in total. The molecule has 1 nitrogen and oxygen atoms in total. The van der Waals surface area contributed by atoms with Gasteiger partial charge in [0.1, 0.15) is 5.76 Å². The van der Waals surface area contributed by atoms with Crippen molar-refractivity contribution in [3.05, 3.63) is 35.8 Å². The number of rotatable bonds is 2. The van der Waals surface area contributed by atoms with Crippen LogP contribution >= 0.6 is 0 Å². The van der Waals surface area contributed by atoms with E-state index in [9.17, 15) is 0 Å². The first-order valence-electron chi connectivity index (χ1n) is 5.61. The van der Waals surface area contributed by atoms with Crippen LogP contribution in [0, 0.1) is 5.41 Å². The second-order valence-electron chi connectivity index (χ2n) is 4.55. The maximum absolute atomic E-state index is 5.53. The molecule has 1 aromatic rings. The zero-order valence-electron chi connectivity index (χ0n) is 8.62. The molecule has 0 bridgehead atoms. The first kappa shape index (κ1) is 8.34. The predicted octanol–water partition coefficient (Wildman–Crippen LogP) is 3.88. The lowest BCUT2D eigenvalue weighted by molar-refractivity contribution is 0.245. The zero-order chi connectivity index (χ0) is 9.60. The van der Waals surface area contributed by atoms with Gasteiger partial charge in [-0.2, -0.15) is 0 Å². The van der Waals surface area contributed by atoms with Crippen LogP contribution in [0.5, 0.6) is 0 Å². The Morgan fingerprint density at radius 2 is 2.50 bits per heavy atom. The summed E-state index contributed by atoms with van der Waals surface area (Å²) in [6.07, 6.45) is 9.54. The summed E-state index contributed by atoms with van der Waals surface area (Å²) in [6.45, 7) is 2.31. The molecule has 1 fully saturated rings. The van der Waals surface area contributed by atoms with Crippen molar-refractivity contribution >= 4 is 0 Å². The molecule has 2 atom stereocenters. The van der Waals surface area contributed by atoms with Crippen molar-refractivity contribution in [2.75, 3.05) is 0 Å². The Hall–Kier alpha value is -0.980. The van der Waals surface area contributed by atoms with Crippen LogP contribution in [0.1, 0.15) is 44.3 Å². The van der Waals surface area contributed by atoms with E-state index in [0.29, 0.717) is 11.3 Å². The molecule has 0 aromatic carbocycles. The minimum atomic E-state index is 0.484. The lowest BCUT2D eigenvalue weighted by Gasteiger charge is -2.44. The Kier molecular flexibility index (Phi) is 1.64. The van der Waals surface area contributed by atoms with Gasteiger partial charge < -0.3 is 4.42 Å². The van der Waals surface area contributed by atoms with E-state index in [1.165, 1.54) is 25.7 Å². The summed E-state index contributed by atoms with van der Waals surface area (Å²) in [5, 5.41) is 0. The van der Waals surface area contributed by atoms with Gasteiger partial charge in [-0.3, -0.25) is 0 Å². The van der Waals surface area contributed by atoms with Gasteiger partial charge in [-0.15, -0.1) is 0 Å². The van der Waals surface area contributed by atoms with Crippen LogP contribution in [0.2, 0.25) is 0 Å². The summed E-state index contributed by atoms with van der Waals surface area (Å²) in [7, 11) is 0. The Morgan fingerprint density at radius 1 is 1.57 bits per heavy atom. The average Bonchev–Trinajstić information content (AvgIpc) is 2.77. The van der Waals surface area contributed by atoms with Gasteiger partial charge in [-0.1, -0.05) is 18.6 Å². The molecule has 0 amide bonds. The molecule has 3 rings (SSSR count). The third-order valence-electron chi connectivity index (χ3n) is 4.15. The summed E-state index contributed by atoms with van der Waals surface area (Å²) >= 11 is 0. The molecule has 1 aromatic heterocycles. The molecule has 2 aliphatic rings. The third kappa shape index (κ3) is 0.853. The third-order valence-corrected chi connectivity index (χ3v) is 4.15. The van der Waals surface area contributed by atoms with Crippen LogP contribution in [-0.4, -0.2) is 0 Å². The van der Waals surface area contributed by atoms with E-state index in [-0.39, 0.29) is 0 Å². The molecule has 0 aliphatic heterocycles. The van der Waals surface area contributed by atoms with Crippen LogP contribution in [-0.2, 0) is 0 Å². The number of hydrogen-bond donors (Lipinski definition) is 0. The maximum atomic E-state index is 5.53. The van der Waals surface area contributed by atoms with Gasteiger partial charge in [0, 0.05) is 11.3 Å². The number of hydrogen-bond acceptors (Lipinski definition) is 1. The Morgan fingerprint density at radius 3 is 3.14 bits per heavy atom. The summed E-state index contributed by atoms with van der Waals surface area (Å²) in [5.74, 6) is 1.73. The van der Waals surface area contributed by atoms with Crippen molar-refractivity contribution in [1.29, 1.82) is 0 Å². The second kappa shape index (κ2) is 2.75. The van der Waals surface area contributed by atoms with E-state index in [4.69, 9.17) is 4.42 Å². The van der Waals surface area contributed by atoms with Gasteiger partial charge in [0.2, 0.25) is 0 Å². The monoisotopic (exact) mass is 188 g/mol. The van der Waals surface area contributed by atoms with E-state index in [0.717, 1.165) is 5.76 Å². The van der Waals surface area contributed by atoms with Gasteiger partial charge in [0.15, 0.2) is 0 Å². The Balaban J connectivity index is 1.98. The van der Waals surface area contributed by atoms with Crippen molar-refractivity contribution in [2.45, 2.75) is 38.5 Å². The van der Waals surface area contributed by atoms with Crippen LogP contribution in [0.25, 0.3) is 0 Å². The molecule has 1 heterocycles. The molecule has 1 heteroatoms. The minimum Gasteiger partial charge on any atom is -0.469 e. The molecular formula is C13H16O. The highest BCUT2D eigenvalue weighted by molar-refractivity contribution is 5.40. The smallest absolute Gasteiger partial charge is 0.111 e. The Bertz CT molecular complexity index is 361. The largest absolute Gasteiger partial charge is 0.469 e. The normalized spacial score (nSPS) is 34.9. The SMILES string of the molecule is CCC12CCCC1=CC2c1ccco1. The van der Waals surface area contributed by atoms with E-state index in [1.54, 1.807) is 11.8 Å². The first-order valence-corrected chi connectivity index (χ1v) is 5.61. The fourth-order valence-electron chi connectivity index (χ4n) is 3.32. The van der Waals surface area contributed by atoms with Crippen molar-refractivity contribution in [1.82, 2.24) is 0 Å². The number of furan rings is 1. The lowest BCUT2D eigenvalue weighted by Crippen LogP contribution is -2.33. The first-order chi connectivity index (χ1) is 6.87. The zero-order valence-corrected chi connectivity index (χ0v) is 8.62. The average molecular weight is 188 g/mol. The number of fused-ring (bicyclic) bond motifs is 1. The van der Waals surface area contributed by atoms with E-state index in [2.05, 4.69) is 19.1 Å². The number of allylic oxidation sites excluding steroid dienone is 2. The molecule has 2 aliphatic carbocycles. The predicted molar refractivity (Wildman–Crippen MR) is 56.1 cm³/mol. The minimum absolute atomic E-state index is 0.484. The Labute approximate surface area is 84.8 Å². The van der Waals surface area contributed by atoms with Gasteiger partial charge in [-0.05, 0) is 37.8 Å². The highest BCUT2D eigenvalue weighted by atomic mass is 16.3. The molecule has 0 saturated heterocycles. The van der Waals surface area contributed by atoms with E-state index < -0.39 is 0 Å². The summed E-state index contributed by atoms with van der Waals surface area (Å²) in [6, 6.07) is 4.12. The molecular weight excluding hydrogens is 172 g/mol. The van der Waals surface area contributed by atoms with Crippen LogP contribution in [0.15, 0.2) is 34.5 Å². The quantitative estimate of drug-likeness (QED) is 0.642. The van der Waals surface area contributed by atoms with E-state index in [1.807, 2.05) is 6.07 Å². The maximum Gasteiger partial charge on any atom is 0.111 e. The van der Waals surface area contributed by atoms with Crippen LogP contribution in [0.4, 0.5) is 0 Å². The topological polar surface area (TPSA) is 13.1 Å². The molecule has 14 heavy (non-hydrogen) atoms. The van der Waals surface area contributed by atoms with Crippen molar-refractivity contribution in [3.63, 3.8) is 0 Å². The fourth-order valence-corrected chi connectivity index (χ4v) is 3.32. The summed E-state index contributed by atoms with van der Waals surface area (Å²) < 4.78 is 5.53. The van der Waals surface area contributed by atoms with Gasteiger partial charge >= 0.3 is 0 Å². The summed E-state index contributed by atoms with van der Waals surface area (Å²) in [4.78, 5) is 0. The van der Waals surface area contributed by atoms with Gasteiger partial charge in [0.05, 0.1) is 6.26 Å². The van der Waals surface area contributed by atoms with Gasteiger partial charge in [-0.25, -0.2) is 0 Å². The van der Waals surface area contributed by atoms with E-state index >= 15 is 0 Å². The van der Waals surface area contributed by atoms with Crippen LogP contribution < -0.4 is 0 Å². The highest BCUT2D eigenvalue weighted by Crippen LogP contribution is 2.62. The van der Waals surface area contributed by atoms with Crippen molar-refractivity contribution in [3.8, 4) is 0 Å². The standard InChI is InChI=1S/C13H16O/c1-2-13-7-3-5-10(13)9-11(13)12-6-4-8-14-12/h4,6,8-9,11H,2-3,5,7H2,1H3. The van der Waals surface area contributed by atoms with Crippen LogP contribution in [0.3, 0.4) is 0 Å². The fraction of sp³-hybridized carbons (Fsp3) is 0.538. The van der Waals surface area contributed by atoms with Gasteiger partial charge in [0.25, 0.3) is 0 Å².